The number of aryl methyl sites for hydroxylation is 1. The van der Waals surface area contributed by atoms with E-state index in [1.807, 2.05) is 48.2 Å². The predicted molar refractivity (Wildman–Crippen MR) is 116 cm³/mol. The number of carbonyl (C=O) groups is 1. The molecule has 7 heteroatoms. The lowest BCUT2D eigenvalue weighted by atomic mass is 10.0. The predicted octanol–water partition coefficient (Wildman–Crippen LogP) is 3.06. The molecule has 0 unspecified atom stereocenters. The first-order chi connectivity index (χ1) is 13.8. The number of hydrogen-bond donors (Lipinski definition) is 1. The summed E-state index contributed by atoms with van der Waals surface area (Å²) < 4.78 is 27.3. The van der Waals surface area contributed by atoms with Crippen LogP contribution in [0, 0.1) is 6.92 Å². The molecule has 0 radical (unpaired) electrons. The summed E-state index contributed by atoms with van der Waals surface area (Å²) >= 11 is 0. The molecule has 0 saturated carbocycles. The van der Waals surface area contributed by atoms with Crippen LogP contribution < -0.4 is 5.32 Å². The van der Waals surface area contributed by atoms with Crippen LogP contribution in [0.4, 0.5) is 5.69 Å². The number of benzene rings is 2. The highest BCUT2D eigenvalue weighted by atomic mass is 32.2. The Bertz CT molecular complexity index is 930. The largest absolute Gasteiger partial charge is 0.325 e. The van der Waals surface area contributed by atoms with Crippen LogP contribution in [-0.2, 0) is 14.8 Å². The van der Waals surface area contributed by atoms with E-state index in [4.69, 9.17) is 0 Å². The van der Waals surface area contributed by atoms with E-state index in [0.29, 0.717) is 37.0 Å². The van der Waals surface area contributed by atoms with Gasteiger partial charge in [-0.3, -0.25) is 9.69 Å². The van der Waals surface area contributed by atoms with Crippen LogP contribution in [0.25, 0.3) is 0 Å². The standard InChI is InChI=1S/C22H29N3O3S/c1-17(2)19-6-10-21(11-7-19)29(27,28)25-14-12-24(13-15-25)16-22(26)23-20-8-4-18(3)5-9-20/h4-11,17H,12-16H2,1-3H3,(H,23,26). The van der Waals surface area contributed by atoms with Crippen LogP contribution in [0.3, 0.4) is 0 Å². The topological polar surface area (TPSA) is 69.7 Å². The number of nitrogens with one attached hydrogen (secondary N) is 1. The van der Waals surface area contributed by atoms with Crippen molar-refractivity contribution in [2.75, 3.05) is 38.0 Å². The van der Waals surface area contributed by atoms with E-state index in [9.17, 15) is 13.2 Å². The van der Waals surface area contributed by atoms with Gasteiger partial charge < -0.3 is 5.32 Å². The van der Waals surface area contributed by atoms with Crippen molar-refractivity contribution < 1.29 is 13.2 Å². The van der Waals surface area contributed by atoms with Crippen molar-refractivity contribution >= 4 is 21.6 Å². The first kappa shape index (κ1) is 21.5. The number of rotatable bonds is 6. The molecule has 1 N–H and O–H groups in total. The molecular formula is C22H29N3O3S. The SMILES string of the molecule is Cc1ccc(NC(=O)CN2CCN(S(=O)(=O)c3ccc(C(C)C)cc3)CC2)cc1. The van der Waals surface area contributed by atoms with Gasteiger partial charge in [0.15, 0.2) is 0 Å². The lowest BCUT2D eigenvalue weighted by Crippen LogP contribution is -2.50. The quantitative estimate of drug-likeness (QED) is 0.787. The Labute approximate surface area is 173 Å². The molecule has 156 valence electrons. The zero-order valence-corrected chi connectivity index (χ0v) is 18.1. The zero-order chi connectivity index (χ0) is 21.0. The smallest absolute Gasteiger partial charge is 0.243 e. The van der Waals surface area contributed by atoms with E-state index in [-0.39, 0.29) is 12.5 Å². The molecule has 2 aromatic carbocycles. The van der Waals surface area contributed by atoms with Crippen molar-refractivity contribution in [2.45, 2.75) is 31.6 Å². The molecule has 2 aromatic rings. The highest BCUT2D eigenvalue weighted by Crippen LogP contribution is 2.21. The van der Waals surface area contributed by atoms with Crippen molar-refractivity contribution in [1.29, 1.82) is 0 Å². The highest BCUT2D eigenvalue weighted by Gasteiger charge is 2.29. The molecule has 0 atom stereocenters. The average molecular weight is 416 g/mol. The molecule has 3 rings (SSSR count). The minimum absolute atomic E-state index is 0.0885. The first-order valence-electron chi connectivity index (χ1n) is 9.94. The summed E-state index contributed by atoms with van der Waals surface area (Å²) in [6, 6.07) is 14.8. The third-order valence-electron chi connectivity index (χ3n) is 5.22. The number of piperazine rings is 1. The number of sulfonamides is 1. The summed E-state index contributed by atoms with van der Waals surface area (Å²) in [4.78, 5) is 14.6. The van der Waals surface area contributed by atoms with Crippen LogP contribution in [0.5, 0.6) is 0 Å². The summed E-state index contributed by atoms with van der Waals surface area (Å²) in [6.45, 7) is 8.24. The average Bonchev–Trinajstić information content (AvgIpc) is 2.70. The number of nitrogens with zero attached hydrogens (tertiary/aromatic N) is 2. The molecule has 0 aromatic heterocycles. The van der Waals surface area contributed by atoms with Crippen LogP contribution in [0.1, 0.15) is 30.9 Å². The Morgan fingerprint density at radius 3 is 2.10 bits per heavy atom. The van der Waals surface area contributed by atoms with Crippen molar-refractivity contribution in [3.05, 3.63) is 59.7 Å². The summed E-state index contributed by atoms with van der Waals surface area (Å²) in [7, 11) is -3.50. The maximum atomic E-state index is 12.9. The van der Waals surface area contributed by atoms with Crippen LogP contribution in [0.2, 0.25) is 0 Å². The molecule has 1 aliphatic heterocycles. The number of hydrogen-bond acceptors (Lipinski definition) is 4. The Morgan fingerprint density at radius 2 is 1.55 bits per heavy atom. The van der Waals surface area contributed by atoms with Gasteiger partial charge in [0.2, 0.25) is 15.9 Å². The fraction of sp³-hybridized carbons (Fsp3) is 0.409. The molecule has 29 heavy (non-hydrogen) atoms. The second-order valence-corrected chi connectivity index (χ2v) is 9.76. The van der Waals surface area contributed by atoms with Crippen molar-refractivity contribution in [2.24, 2.45) is 0 Å². The van der Waals surface area contributed by atoms with E-state index < -0.39 is 10.0 Å². The number of anilines is 1. The maximum Gasteiger partial charge on any atom is 0.243 e. The van der Waals surface area contributed by atoms with Crippen molar-refractivity contribution in [1.82, 2.24) is 9.21 Å². The number of amides is 1. The molecule has 0 aliphatic carbocycles. The maximum absolute atomic E-state index is 12.9. The third kappa shape index (κ3) is 5.44. The van der Waals surface area contributed by atoms with E-state index in [0.717, 1.165) is 16.8 Å². The van der Waals surface area contributed by atoms with Gasteiger partial charge in [-0.05, 0) is 42.7 Å². The second kappa shape index (κ2) is 9.07. The van der Waals surface area contributed by atoms with Gasteiger partial charge in [0.05, 0.1) is 11.4 Å². The normalized spacial score (nSPS) is 16.1. The van der Waals surface area contributed by atoms with Gasteiger partial charge in [-0.2, -0.15) is 4.31 Å². The Morgan fingerprint density at radius 1 is 0.966 bits per heavy atom. The van der Waals surface area contributed by atoms with Gasteiger partial charge >= 0.3 is 0 Å². The van der Waals surface area contributed by atoms with E-state index in [1.54, 1.807) is 12.1 Å². The third-order valence-corrected chi connectivity index (χ3v) is 7.13. The second-order valence-electron chi connectivity index (χ2n) is 7.82. The number of carbonyl (C=O) groups excluding carboxylic acids is 1. The molecule has 1 fully saturated rings. The summed E-state index contributed by atoms with van der Waals surface area (Å²) in [5.41, 5.74) is 3.03. The van der Waals surface area contributed by atoms with Crippen LogP contribution >= 0.6 is 0 Å². The molecule has 1 amide bonds. The molecule has 0 bridgehead atoms. The van der Waals surface area contributed by atoms with Crippen LogP contribution in [-0.4, -0.2) is 56.3 Å². The molecule has 6 nitrogen and oxygen atoms in total. The van der Waals surface area contributed by atoms with Crippen molar-refractivity contribution in [3.8, 4) is 0 Å². The molecule has 1 saturated heterocycles. The Hall–Kier alpha value is -2.22. The van der Waals surface area contributed by atoms with Crippen LogP contribution in [0.15, 0.2) is 53.4 Å². The van der Waals surface area contributed by atoms with Gasteiger partial charge in [-0.1, -0.05) is 43.7 Å². The van der Waals surface area contributed by atoms with E-state index >= 15 is 0 Å². The molecule has 0 spiro atoms. The van der Waals surface area contributed by atoms with Gasteiger partial charge in [-0.25, -0.2) is 8.42 Å². The lowest BCUT2D eigenvalue weighted by molar-refractivity contribution is -0.117. The monoisotopic (exact) mass is 415 g/mol. The Balaban J connectivity index is 1.54. The first-order valence-corrected chi connectivity index (χ1v) is 11.4. The van der Waals surface area contributed by atoms with Gasteiger partial charge in [-0.15, -0.1) is 0 Å². The lowest BCUT2D eigenvalue weighted by Gasteiger charge is -2.33. The fourth-order valence-corrected chi connectivity index (χ4v) is 4.76. The van der Waals surface area contributed by atoms with E-state index in [2.05, 4.69) is 19.2 Å². The van der Waals surface area contributed by atoms with Gasteiger partial charge in [0, 0.05) is 31.9 Å². The van der Waals surface area contributed by atoms with Gasteiger partial charge in [0.25, 0.3) is 0 Å². The fourth-order valence-electron chi connectivity index (χ4n) is 3.34. The Kier molecular flexibility index (Phi) is 6.72. The minimum atomic E-state index is -3.50. The summed E-state index contributed by atoms with van der Waals surface area (Å²) in [6.07, 6.45) is 0. The molecule has 1 aliphatic rings. The minimum Gasteiger partial charge on any atom is -0.325 e. The molecule has 1 heterocycles. The summed E-state index contributed by atoms with van der Waals surface area (Å²) in [5, 5.41) is 2.89. The molecular weight excluding hydrogens is 386 g/mol. The zero-order valence-electron chi connectivity index (χ0n) is 17.3. The van der Waals surface area contributed by atoms with Gasteiger partial charge in [0.1, 0.15) is 0 Å². The van der Waals surface area contributed by atoms with E-state index in [1.165, 1.54) is 4.31 Å². The highest BCUT2D eigenvalue weighted by molar-refractivity contribution is 7.89. The summed E-state index contributed by atoms with van der Waals surface area (Å²) in [5.74, 6) is 0.274. The van der Waals surface area contributed by atoms with Crippen molar-refractivity contribution in [3.63, 3.8) is 0 Å².